The van der Waals surface area contributed by atoms with Crippen LogP contribution < -0.4 is 5.32 Å². The summed E-state index contributed by atoms with van der Waals surface area (Å²) in [5.74, 6) is 2.19. The third-order valence-corrected chi connectivity index (χ3v) is 5.08. The largest absolute Gasteiger partial charge is 0.367 e. The van der Waals surface area contributed by atoms with E-state index in [-0.39, 0.29) is 6.10 Å². The van der Waals surface area contributed by atoms with Crippen LogP contribution in [0.3, 0.4) is 0 Å². The van der Waals surface area contributed by atoms with Crippen LogP contribution in [0.5, 0.6) is 0 Å². The number of nitrogens with zero attached hydrogens (tertiary/aromatic N) is 3. The van der Waals surface area contributed by atoms with Crippen LogP contribution in [0.25, 0.3) is 0 Å². The van der Waals surface area contributed by atoms with Gasteiger partial charge in [0.25, 0.3) is 0 Å². The lowest BCUT2D eigenvalue weighted by Crippen LogP contribution is -2.38. The van der Waals surface area contributed by atoms with Crippen molar-refractivity contribution < 1.29 is 9.26 Å². The fraction of sp³-hybridized carbons (Fsp3) is 0.867. The topological polar surface area (TPSA) is 63.4 Å². The molecule has 0 saturated carbocycles. The fourth-order valence-electron chi connectivity index (χ4n) is 4.00. The van der Waals surface area contributed by atoms with Crippen LogP contribution in [0.15, 0.2) is 4.52 Å². The number of rotatable bonds is 3. The second kappa shape index (κ2) is 5.66. The molecule has 0 aliphatic carbocycles. The van der Waals surface area contributed by atoms with E-state index in [0.29, 0.717) is 23.8 Å². The molecule has 0 spiro atoms. The van der Waals surface area contributed by atoms with Gasteiger partial charge in [-0.3, -0.25) is 0 Å². The zero-order valence-corrected chi connectivity index (χ0v) is 12.6. The number of nitrogens with one attached hydrogen (secondary N) is 1. The number of hydrogen-bond donors (Lipinski definition) is 1. The van der Waals surface area contributed by atoms with Crippen molar-refractivity contribution >= 4 is 0 Å². The van der Waals surface area contributed by atoms with Gasteiger partial charge >= 0.3 is 0 Å². The maximum Gasteiger partial charge on any atom is 0.227 e. The van der Waals surface area contributed by atoms with Crippen molar-refractivity contribution in [3.05, 3.63) is 11.7 Å². The first-order valence-electron chi connectivity index (χ1n) is 8.15. The number of likely N-dealkylation sites (N-methyl/N-ethyl adjacent to an activating group) is 1. The van der Waals surface area contributed by atoms with Crippen LogP contribution in [0, 0.1) is 5.92 Å². The summed E-state index contributed by atoms with van der Waals surface area (Å²) in [7, 11) is 2.10. The van der Waals surface area contributed by atoms with E-state index < -0.39 is 0 Å². The highest BCUT2D eigenvalue weighted by Crippen LogP contribution is 2.32. The molecule has 3 aliphatic heterocycles. The number of fused-ring (bicyclic) bond motifs is 2. The Morgan fingerprint density at radius 1 is 1.29 bits per heavy atom. The molecule has 1 aromatic heterocycles. The molecule has 3 atom stereocenters. The number of morpholine rings is 1. The van der Waals surface area contributed by atoms with Gasteiger partial charge in [-0.25, -0.2) is 0 Å². The highest BCUT2D eigenvalue weighted by molar-refractivity contribution is 4.98. The Morgan fingerprint density at radius 2 is 2.10 bits per heavy atom. The minimum Gasteiger partial charge on any atom is -0.367 e. The molecule has 6 nitrogen and oxygen atoms in total. The first-order valence-corrected chi connectivity index (χ1v) is 8.15. The Bertz CT molecular complexity index is 480. The first-order chi connectivity index (χ1) is 10.3. The van der Waals surface area contributed by atoms with Crippen molar-refractivity contribution in [3.63, 3.8) is 0 Å². The Hall–Kier alpha value is -0.980. The van der Waals surface area contributed by atoms with Crippen molar-refractivity contribution in [2.45, 2.75) is 50.3 Å². The van der Waals surface area contributed by atoms with E-state index in [1.54, 1.807) is 0 Å². The molecule has 3 fully saturated rings. The molecule has 0 radical (unpaired) electrons. The summed E-state index contributed by atoms with van der Waals surface area (Å²) in [4.78, 5) is 6.83. The average Bonchev–Trinajstić information content (AvgIpc) is 3.06. The van der Waals surface area contributed by atoms with Crippen LogP contribution in [0.4, 0.5) is 0 Å². The molecule has 3 unspecified atom stereocenters. The lowest BCUT2D eigenvalue weighted by Gasteiger charge is -2.28. The highest BCUT2D eigenvalue weighted by Gasteiger charge is 2.34. The van der Waals surface area contributed by atoms with Gasteiger partial charge in [0, 0.05) is 31.6 Å². The summed E-state index contributed by atoms with van der Waals surface area (Å²) in [5, 5.41) is 7.82. The van der Waals surface area contributed by atoms with Gasteiger partial charge in [0.05, 0.1) is 6.61 Å². The Balaban J connectivity index is 1.38. The zero-order chi connectivity index (χ0) is 14.2. The second-order valence-electron chi connectivity index (χ2n) is 6.85. The Kier molecular flexibility index (Phi) is 3.69. The van der Waals surface area contributed by atoms with Gasteiger partial charge in [0.15, 0.2) is 0 Å². The van der Waals surface area contributed by atoms with E-state index in [2.05, 4.69) is 27.4 Å². The van der Waals surface area contributed by atoms with Gasteiger partial charge in [-0.1, -0.05) is 5.16 Å². The maximum absolute atomic E-state index is 5.75. The zero-order valence-electron chi connectivity index (χ0n) is 12.6. The van der Waals surface area contributed by atoms with Crippen LogP contribution in [-0.2, 0) is 11.2 Å². The molecule has 116 valence electrons. The minimum atomic E-state index is -0.0366. The van der Waals surface area contributed by atoms with Gasteiger partial charge in [-0.15, -0.1) is 0 Å². The Morgan fingerprint density at radius 3 is 2.86 bits per heavy atom. The van der Waals surface area contributed by atoms with Gasteiger partial charge < -0.3 is 19.5 Å². The van der Waals surface area contributed by atoms with Crippen LogP contribution in [0.2, 0.25) is 0 Å². The molecule has 0 amide bonds. The summed E-state index contributed by atoms with van der Waals surface area (Å²) in [6.45, 7) is 2.55. The molecule has 4 rings (SSSR count). The van der Waals surface area contributed by atoms with Crippen molar-refractivity contribution in [2.24, 2.45) is 5.92 Å². The number of ether oxygens (including phenoxy) is 1. The van der Waals surface area contributed by atoms with Crippen LogP contribution in [0.1, 0.15) is 43.5 Å². The molecule has 1 N–H and O–H groups in total. The fourth-order valence-corrected chi connectivity index (χ4v) is 4.00. The molecular weight excluding hydrogens is 268 g/mol. The summed E-state index contributed by atoms with van der Waals surface area (Å²) >= 11 is 0. The molecule has 3 saturated heterocycles. The number of piperidine rings is 1. The van der Waals surface area contributed by atoms with Crippen molar-refractivity contribution in [2.75, 3.05) is 26.7 Å². The van der Waals surface area contributed by atoms with E-state index in [1.807, 2.05) is 0 Å². The average molecular weight is 292 g/mol. The predicted octanol–water partition coefficient (Wildman–Crippen LogP) is 1.15. The third kappa shape index (κ3) is 2.98. The van der Waals surface area contributed by atoms with Crippen molar-refractivity contribution in [3.8, 4) is 0 Å². The van der Waals surface area contributed by atoms with E-state index in [0.717, 1.165) is 32.0 Å². The number of aromatic nitrogens is 2. The van der Waals surface area contributed by atoms with Gasteiger partial charge in [-0.2, -0.15) is 4.98 Å². The quantitative estimate of drug-likeness (QED) is 0.901. The number of hydrogen-bond acceptors (Lipinski definition) is 6. The van der Waals surface area contributed by atoms with E-state index in [1.165, 1.54) is 25.7 Å². The molecule has 1 aromatic rings. The summed E-state index contributed by atoms with van der Waals surface area (Å²) in [6, 6.07) is 1.43. The van der Waals surface area contributed by atoms with Crippen molar-refractivity contribution in [1.82, 2.24) is 20.4 Å². The normalized spacial score (nSPS) is 37.0. The van der Waals surface area contributed by atoms with Gasteiger partial charge in [0.1, 0.15) is 6.10 Å². The van der Waals surface area contributed by atoms with E-state index >= 15 is 0 Å². The van der Waals surface area contributed by atoms with Crippen molar-refractivity contribution in [1.29, 1.82) is 0 Å². The SMILES string of the molecule is CN1CCOC(c2noc(CC3CC4CCC(C3)N4)n2)C1. The van der Waals surface area contributed by atoms with E-state index in [9.17, 15) is 0 Å². The monoisotopic (exact) mass is 292 g/mol. The lowest BCUT2D eigenvalue weighted by atomic mass is 9.90. The minimum absolute atomic E-state index is 0.0366. The molecule has 6 heteroatoms. The van der Waals surface area contributed by atoms with Crippen LogP contribution in [-0.4, -0.2) is 53.9 Å². The standard InChI is InChI=1S/C15H24N4O2/c1-19-4-5-20-13(9-19)15-17-14(21-18-15)8-10-6-11-2-3-12(7-10)16-11/h10-13,16H,2-9H2,1H3. The second-order valence-corrected chi connectivity index (χ2v) is 6.85. The Labute approximate surface area is 125 Å². The van der Waals surface area contributed by atoms with Crippen LogP contribution >= 0.6 is 0 Å². The maximum atomic E-state index is 5.75. The molecular formula is C15H24N4O2. The third-order valence-electron chi connectivity index (χ3n) is 5.08. The molecule has 21 heavy (non-hydrogen) atoms. The predicted molar refractivity (Wildman–Crippen MR) is 76.9 cm³/mol. The lowest BCUT2D eigenvalue weighted by molar-refractivity contribution is -0.0264. The smallest absolute Gasteiger partial charge is 0.227 e. The molecule has 2 bridgehead atoms. The van der Waals surface area contributed by atoms with Gasteiger partial charge in [-0.05, 0) is 38.6 Å². The molecule has 0 aromatic carbocycles. The summed E-state index contributed by atoms with van der Waals surface area (Å²) in [6.07, 6.45) is 6.04. The highest BCUT2D eigenvalue weighted by atomic mass is 16.5. The summed E-state index contributed by atoms with van der Waals surface area (Å²) in [5.41, 5.74) is 0. The molecule has 4 heterocycles. The molecule has 3 aliphatic rings. The summed E-state index contributed by atoms with van der Waals surface area (Å²) < 4.78 is 11.2. The first kappa shape index (κ1) is 13.7. The van der Waals surface area contributed by atoms with Gasteiger partial charge in [0.2, 0.25) is 11.7 Å². The van der Waals surface area contributed by atoms with E-state index in [4.69, 9.17) is 9.26 Å².